The molecule has 2 rings (SSSR count). The maximum atomic E-state index is 11.8. The van der Waals surface area contributed by atoms with Crippen molar-refractivity contribution in [2.45, 2.75) is 104 Å². The van der Waals surface area contributed by atoms with E-state index in [1.165, 1.54) is 27.7 Å². The second kappa shape index (κ2) is 14.7. The zero-order valence-electron chi connectivity index (χ0n) is 22.6. The molecule has 0 aliphatic carbocycles. The molecule has 0 N–H and O–H groups in total. The Balaban J connectivity index is 2.34. The van der Waals surface area contributed by atoms with Crippen LogP contribution in [0.1, 0.15) is 54.4 Å². The number of hydrogen-bond donors (Lipinski definition) is 0. The minimum Gasteiger partial charge on any atom is -0.463 e. The third kappa shape index (κ3) is 10.8. The van der Waals surface area contributed by atoms with E-state index in [4.69, 9.17) is 42.6 Å². The predicted molar refractivity (Wildman–Crippen MR) is 123 cm³/mol. The molecule has 0 aromatic rings. The van der Waals surface area contributed by atoms with Crippen LogP contribution in [0.3, 0.4) is 0 Å². The highest BCUT2D eigenvalue weighted by molar-refractivity contribution is 5.68. The van der Waals surface area contributed by atoms with Crippen molar-refractivity contribution in [1.29, 1.82) is 0 Å². The van der Waals surface area contributed by atoms with Gasteiger partial charge in [-0.1, -0.05) is 0 Å². The summed E-state index contributed by atoms with van der Waals surface area (Å²) in [5.74, 6) is -3.91. The van der Waals surface area contributed by atoms with Crippen molar-refractivity contribution >= 4 is 35.8 Å². The SMILES string of the molecule is CC(=O)OC[C@H]1O[C@H](O[C@H]2O[C@H](COC(C)=O)[C@@H](OC(C)=O)C[C@H]2OC(C)=O)[C@H](OC(C)=O)C[C@@H]1OC(C)=O. The van der Waals surface area contributed by atoms with E-state index in [0.29, 0.717) is 0 Å². The van der Waals surface area contributed by atoms with Crippen LogP contribution < -0.4 is 0 Å². The highest BCUT2D eigenvalue weighted by Gasteiger charge is 2.48. The largest absolute Gasteiger partial charge is 0.463 e. The minimum absolute atomic E-state index is 0.0896. The topological polar surface area (TPSA) is 185 Å². The van der Waals surface area contributed by atoms with Gasteiger partial charge in [0.25, 0.3) is 0 Å². The first-order valence-corrected chi connectivity index (χ1v) is 12.2. The fourth-order valence-corrected chi connectivity index (χ4v) is 4.05. The molecule has 2 heterocycles. The van der Waals surface area contributed by atoms with E-state index in [1.807, 2.05) is 0 Å². The fourth-order valence-electron chi connectivity index (χ4n) is 4.05. The average molecular weight is 563 g/mol. The lowest BCUT2D eigenvalue weighted by molar-refractivity contribution is -0.355. The lowest BCUT2D eigenvalue weighted by Gasteiger charge is -2.44. The summed E-state index contributed by atoms with van der Waals surface area (Å²) in [6.45, 7) is 6.39. The number of ether oxygens (including phenoxy) is 9. The monoisotopic (exact) mass is 562 g/mol. The Hall–Kier alpha value is -3.30. The van der Waals surface area contributed by atoms with E-state index < -0.39 is 85.0 Å². The smallest absolute Gasteiger partial charge is 0.303 e. The average Bonchev–Trinajstić information content (AvgIpc) is 2.78. The van der Waals surface area contributed by atoms with E-state index in [-0.39, 0.29) is 26.1 Å². The molecule has 0 amide bonds. The molecule has 15 nitrogen and oxygen atoms in total. The van der Waals surface area contributed by atoms with Crippen molar-refractivity contribution in [1.82, 2.24) is 0 Å². The van der Waals surface area contributed by atoms with Crippen LogP contribution in [0.5, 0.6) is 0 Å². The number of rotatable bonds is 10. The molecule has 2 aliphatic heterocycles. The normalized spacial score (nSPS) is 30.3. The highest BCUT2D eigenvalue weighted by atomic mass is 16.8. The zero-order valence-corrected chi connectivity index (χ0v) is 22.6. The van der Waals surface area contributed by atoms with Crippen LogP contribution >= 0.6 is 0 Å². The maximum Gasteiger partial charge on any atom is 0.303 e. The maximum absolute atomic E-state index is 11.8. The van der Waals surface area contributed by atoms with Gasteiger partial charge in [-0.25, -0.2) is 0 Å². The molecule has 15 heteroatoms. The minimum atomic E-state index is -1.37. The Kier molecular flexibility index (Phi) is 12.1. The van der Waals surface area contributed by atoms with Gasteiger partial charge in [-0.3, -0.25) is 28.8 Å². The summed E-state index contributed by atoms with van der Waals surface area (Å²) >= 11 is 0. The molecule has 0 aromatic carbocycles. The van der Waals surface area contributed by atoms with Crippen molar-refractivity contribution < 1.29 is 71.4 Å². The number of carbonyl (C=O) groups excluding carboxylic acids is 6. The van der Waals surface area contributed by atoms with Crippen LogP contribution in [0, 0.1) is 0 Å². The van der Waals surface area contributed by atoms with Gasteiger partial charge in [-0.15, -0.1) is 0 Å². The summed E-state index contributed by atoms with van der Waals surface area (Å²) in [5.41, 5.74) is 0. The first-order valence-electron chi connectivity index (χ1n) is 12.2. The fraction of sp³-hybridized carbons (Fsp3) is 0.750. The summed E-state index contributed by atoms with van der Waals surface area (Å²) in [5, 5.41) is 0. The summed E-state index contributed by atoms with van der Waals surface area (Å²) in [6, 6.07) is 0. The molecule has 0 bridgehead atoms. The van der Waals surface area contributed by atoms with Crippen molar-refractivity contribution in [2.24, 2.45) is 0 Å². The molecule has 0 unspecified atom stereocenters. The van der Waals surface area contributed by atoms with E-state index in [0.717, 1.165) is 13.8 Å². The first-order chi connectivity index (χ1) is 18.2. The molecule has 2 fully saturated rings. The first kappa shape index (κ1) is 31.9. The van der Waals surface area contributed by atoms with Gasteiger partial charge in [0.1, 0.15) is 37.6 Å². The molecular formula is C24H34O15. The Labute approximate surface area is 224 Å². The summed E-state index contributed by atoms with van der Waals surface area (Å²) in [6.07, 6.45) is -9.14. The molecule has 0 radical (unpaired) electrons. The quantitative estimate of drug-likeness (QED) is 0.257. The highest BCUT2D eigenvalue weighted by Crippen LogP contribution is 2.32. The van der Waals surface area contributed by atoms with Gasteiger partial charge < -0.3 is 42.6 Å². The number of carbonyl (C=O) groups is 6. The third-order valence-corrected chi connectivity index (χ3v) is 5.42. The van der Waals surface area contributed by atoms with Gasteiger partial charge in [0.05, 0.1) is 0 Å². The van der Waals surface area contributed by atoms with E-state index in [2.05, 4.69) is 0 Å². The molecule has 8 atom stereocenters. The van der Waals surface area contributed by atoms with Crippen LogP contribution in [0.4, 0.5) is 0 Å². The van der Waals surface area contributed by atoms with Crippen molar-refractivity contribution in [3.8, 4) is 0 Å². The lowest BCUT2D eigenvalue weighted by atomic mass is 10.0. The van der Waals surface area contributed by atoms with Crippen LogP contribution in [0.25, 0.3) is 0 Å². The summed E-state index contributed by atoms with van der Waals surface area (Å²) in [7, 11) is 0. The number of esters is 6. The Morgan fingerprint density at radius 1 is 0.513 bits per heavy atom. The van der Waals surface area contributed by atoms with Crippen molar-refractivity contribution in [3.05, 3.63) is 0 Å². The van der Waals surface area contributed by atoms with Gasteiger partial charge in [0, 0.05) is 54.4 Å². The molecular weight excluding hydrogens is 528 g/mol. The van der Waals surface area contributed by atoms with Gasteiger partial charge in [-0.05, 0) is 0 Å². The molecule has 0 aromatic heterocycles. The van der Waals surface area contributed by atoms with Gasteiger partial charge >= 0.3 is 35.8 Å². The Bertz CT molecular complexity index is 845. The van der Waals surface area contributed by atoms with Crippen molar-refractivity contribution in [2.75, 3.05) is 13.2 Å². The standard InChI is InChI=1S/C24H34O15/c1-11(25)31-9-21-17(33-13(3)27)7-19(35-15(5)29)23(37-21)39-24-20(36-16(6)30)8-18(34-14(4)28)22(38-24)10-32-12(2)26/h17-24H,7-10H2,1-6H3/t17-,18-,19+,20+,21+,22+,23+,24+/m0/s1. The molecule has 2 aliphatic rings. The van der Waals surface area contributed by atoms with E-state index in [1.54, 1.807) is 0 Å². The second-order valence-corrected chi connectivity index (χ2v) is 8.89. The van der Waals surface area contributed by atoms with Gasteiger partial charge in [-0.2, -0.15) is 0 Å². The predicted octanol–water partition coefficient (Wildman–Crippen LogP) is 0.0860. The van der Waals surface area contributed by atoms with Crippen LogP contribution in [0.2, 0.25) is 0 Å². The Morgan fingerprint density at radius 3 is 1.10 bits per heavy atom. The van der Waals surface area contributed by atoms with Crippen LogP contribution in [-0.2, 0) is 71.4 Å². The van der Waals surface area contributed by atoms with Gasteiger partial charge in [0.2, 0.25) is 0 Å². The zero-order chi connectivity index (χ0) is 29.3. The van der Waals surface area contributed by atoms with Gasteiger partial charge in [0.15, 0.2) is 24.8 Å². The molecule has 0 spiro atoms. The molecule has 2 saturated heterocycles. The molecule has 220 valence electrons. The van der Waals surface area contributed by atoms with E-state index in [9.17, 15) is 28.8 Å². The Morgan fingerprint density at radius 2 is 0.821 bits per heavy atom. The summed E-state index contributed by atoms with van der Waals surface area (Å²) in [4.78, 5) is 69.8. The van der Waals surface area contributed by atoms with Crippen molar-refractivity contribution in [3.63, 3.8) is 0 Å². The molecule has 0 saturated carbocycles. The summed E-state index contributed by atoms with van der Waals surface area (Å²) < 4.78 is 49.1. The second-order valence-electron chi connectivity index (χ2n) is 8.89. The van der Waals surface area contributed by atoms with E-state index >= 15 is 0 Å². The third-order valence-electron chi connectivity index (χ3n) is 5.42. The lowest BCUT2D eigenvalue weighted by Crippen LogP contribution is -2.58. The van der Waals surface area contributed by atoms with Crippen LogP contribution in [-0.4, -0.2) is 98.2 Å². The number of hydrogen-bond acceptors (Lipinski definition) is 15. The van der Waals surface area contributed by atoms with Crippen LogP contribution in [0.15, 0.2) is 0 Å². The molecule has 39 heavy (non-hydrogen) atoms.